The van der Waals surface area contributed by atoms with Crippen LogP contribution < -0.4 is 0 Å². The molecule has 1 aliphatic rings. The molecule has 5 nitrogen and oxygen atoms in total. The Morgan fingerprint density at radius 3 is 2.80 bits per heavy atom. The van der Waals surface area contributed by atoms with Crippen molar-refractivity contribution in [3.8, 4) is 0 Å². The molecule has 110 valence electrons. The summed E-state index contributed by atoms with van der Waals surface area (Å²) in [6, 6.07) is 5.77. The first kappa shape index (κ1) is 15.3. The maximum absolute atomic E-state index is 12.6. The first-order valence-electron chi connectivity index (χ1n) is 6.41. The van der Waals surface area contributed by atoms with Crippen LogP contribution in [0.5, 0.6) is 0 Å². The summed E-state index contributed by atoms with van der Waals surface area (Å²) in [4.78, 5) is 11.1. The molecule has 7 heteroatoms. The van der Waals surface area contributed by atoms with Gasteiger partial charge in [-0.15, -0.1) is 0 Å². The lowest BCUT2D eigenvalue weighted by Crippen LogP contribution is -2.42. The molecule has 1 fully saturated rings. The van der Waals surface area contributed by atoms with Gasteiger partial charge in [0.15, 0.2) is 0 Å². The molecule has 0 aliphatic carbocycles. The van der Waals surface area contributed by atoms with Crippen LogP contribution in [0.2, 0.25) is 0 Å². The van der Waals surface area contributed by atoms with Crippen molar-refractivity contribution in [1.29, 1.82) is 0 Å². The van der Waals surface area contributed by atoms with E-state index in [4.69, 9.17) is 5.11 Å². The maximum atomic E-state index is 12.6. The Bertz CT molecular complexity index is 600. The van der Waals surface area contributed by atoms with E-state index in [1.54, 1.807) is 17.8 Å². The van der Waals surface area contributed by atoms with Gasteiger partial charge in [0.25, 0.3) is 0 Å². The van der Waals surface area contributed by atoms with Gasteiger partial charge in [-0.2, -0.15) is 16.1 Å². The monoisotopic (exact) mass is 315 g/mol. The molecule has 1 aliphatic heterocycles. The minimum atomic E-state index is -3.74. The predicted octanol–water partition coefficient (Wildman–Crippen LogP) is 1.90. The van der Waals surface area contributed by atoms with E-state index < -0.39 is 16.0 Å². The molecule has 0 saturated carbocycles. The van der Waals surface area contributed by atoms with E-state index >= 15 is 0 Å². The lowest BCUT2D eigenvalue weighted by Gasteiger charge is -2.31. The van der Waals surface area contributed by atoms with E-state index in [0.29, 0.717) is 13.1 Å². The average Bonchev–Trinajstić information content (AvgIpc) is 2.47. The topological polar surface area (TPSA) is 74.7 Å². The van der Waals surface area contributed by atoms with Gasteiger partial charge in [-0.3, -0.25) is 0 Å². The van der Waals surface area contributed by atoms with Crippen LogP contribution in [0.25, 0.3) is 0 Å². The van der Waals surface area contributed by atoms with Gasteiger partial charge in [-0.05, 0) is 18.6 Å². The number of carbonyl (C=O) groups is 1. The van der Waals surface area contributed by atoms with Crippen molar-refractivity contribution >= 4 is 27.8 Å². The molecule has 1 heterocycles. The highest BCUT2D eigenvalue weighted by atomic mass is 32.2. The summed E-state index contributed by atoms with van der Waals surface area (Å²) in [6.45, 7) is 2.90. The van der Waals surface area contributed by atoms with Gasteiger partial charge in [0.1, 0.15) is 0 Å². The number of carboxylic acid groups (broad SMARTS) is 1. The second kappa shape index (κ2) is 6.15. The third kappa shape index (κ3) is 2.99. The first-order chi connectivity index (χ1) is 9.46. The maximum Gasteiger partial charge on any atom is 0.337 e. The highest BCUT2D eigenvalue weighted by Gasteiger charge is 2.32. The Morgan fingerprint density at radius 1 is 1.45 bits per heavy atom. The Labute approximate surface area is 123 Å². The van der Waals surface area contributed by atoms with E-state index in [2.05, 4.69) is 0 Å². The summed E-state index contributed by atoms with van der Waals surface area (Å²) in [7, 11) is -3.74. The van der Waals surface area contributed by atoms with E-state index in [1.165, 1.54) is 22.5 Å². The number of carboxylic acids is 1. The molecule has 0 spiro atoms. The molecule has 2 rings (SSSR count). The van der Waals surface area contributed by atoms with Crippen molar-refractivity contribution in [3.05, 3.63) is 29.8 Å². The Kier molecular flexibility index (Phi) is 4.72. The number of nitrogens with zero attached hydrogens (tertiary/aromatic N) is 1. The molecule has 0 bridgehead atoms. The number of hydrogen-bond acceptors (Lipinski definition) is 4. The third-order valence-electron chi connectivity index (χ3n) is 3.29. The van der Waals surface area contributed by atoms with E-state index in [0.717, 1.165) is 12.2 Å². The van der Waals surface area contributed by atoms with Crippen LogP contribution in [0.3, 0.4) is 0 Å². The van der Waals surface area contributed by atoms with Gasteiger partial charge in [0.2, 0.25) is 10.0 Å². The van der Waals surface area contributed by atoms with Crippen molar-refractivity contribution < 1.29 is 18.3 Å². The molecule has 0 aromatic heterocycles. The highest BCUT2D eigenvalue weighted by molar-refractivity contribution is 8.00. The second-order valence-electron chi connectivity index (χ2n) is 4.57. The van der Waals surface area contributed by atoms with Crippen LogP contribution in [-0.2, 0) is 10.0 Å². The summed E-state index contributed by atoms with van der Waals surface area (Å²) in [6.07, 6.45) is 0.900. The van der Waals surface area contributed by atoms with Crippen LogP contribution in [0.15, 0.2) is 29.2 Å². The second-order valence-corrected chi connectivity index (χ2v) is 7.88. The van der Waals surface area contributed by atoms with Crippen LogP contribution in [-0.4, -0.2) is 47.9 Å². The number of sulfonamides is 1. The minimum Gasteiger partial charge on any atom is -0.478 e. The van der Waals surface area contributed by atoms with Gasteiger partial charge < -0.3 is 5.11 Å². The van der Waals surface area contributed by atoms with Crippen molar-refractivity contribution in [2.45, 2.75) is 23.5 Å². The van der Waals surface area contributed by atoms with E-state index in [-0.39, 0.29) is 15.7 Å². The third-order valence-corrected chi connectivity index (χ3v) is 6.59. The molecule has 20 heavy (non-hydrogen) atoms. The Hall–Kier alpha value is -1.05. The molecule has 0 amide bonds. The SMILES string of the molecule is CCC1CN(S(=O)(=O)c2ccccc2C(=O)O)CCS1. The zero-order valence-corrected chi connectivity index (χ0v) is 12.8. The smallest absolute Gasteiger partial charge is 0.337 e. The average molecular weight is 315 g/mol. The summed E-state index contributed by atoms with van der Waals surface area (Å²) < 4.78 is 26.7. The molecule has 1 aromatic carbocycles. The summed E-state index contributed by atoms with van der Waals surface area (Å²) in [5, 5.41) is 9.41. The van der Waals surface area contributed by atoms with Crippen LogP contribution in [0.4, 0.5) is 0 Å². The molecule has 0 radical (unpaired) electrons. The van der Waals surface area contributed by atoms with Crippen molar-refractivity contribution in [3.63, 3.8) is 0 Å². The first-order valence-corrected chi connectivity index (χ1v) is 8.89. The van der Waals surface area contributed by atoms with Gasteiger partial charge in [-0.1, -0.05) is 19.1 Å². The van der Waals surface area contributed by atoms with E-state index in [1.807, 2.05) is 6.92 Å². The fraction of sp³-hybridized carbons (Fsp3) is 0.462. The molecular formula is C13H17NO4S2. The summed E-state index contributed by atoms with van der Waals surface area (Å²) in [5.41, 5.74) is -0.168. The van der Waals surface area contributed by atoms with Gasteiger partial charge >= 0.3 is 5.97 Å². The Balaban J connectivity index is 2.38. The molecular weight excluding hydrogens is 298 g/mol. The lowest BCUT2D eigenvalue weighted by atomic mass is 10.2. The number of hydrogen-bond donors (Lipinski definition) is 1. The standard InChI is InChI=1S/C13H17NO4S2/c1-2-10-9-14(7-8-19-10)20(17,18)12-6-4-3-5-11(12)13(15)16/h3-6,10H,2,7-9H2,1H3,(H,15,16). The van der Waals surface area contributed by atoms with Gasteiger partial charge in [0, 0.05) is 24.1 Å². The van der Waals surface area contributed by atoms with Crippen LogP contribution >= 0.6 is 11.8 Å². The van der Waals surface area contributed by atoms with Crippen LogP contribution in [0.1, 0.15) is 23.7 Å². The summed E-state index contributed by atoms with van der Waals surface area (Å²) >= 11 is 1.77. The zero-order valence-electron chi connectivity index (χ0n) is 11.2. The molecule has 1 unspecified atom stereocenters. The van der Waals surface area contributed by atoms with E-state index in [9.17, 15) is 13.2 Å². The molecule has 1 aromatic rings. The number of thioether (sulfide) groups is 1. The number of benzene rings is 1. The minimum absolute atomic E-state index is 0.116. The highest BCUT2D eigenvalue weighted by Crippen LogP contribution is 2.27. The zero-order chi connectivity index (χ0) is 14.8. The predicted molar refractivity (Wildman–Crippen MR) is 78.7 cm³/mol. The van der Waals surface area contributed by atoms with Crippen molar-refractivity contribution in [2.75, 3.05) is 18.8 Å². The normalized spacial score (nSPS) is 20.8. The fourth-order valence-corrected chi connectivity index (χ4v) is 5.22. The molecule has 1 N–H and O–H groups in total. The van der Waals surface area contributed by atoms with Crippen LogP contribution in [0, 0.1) is 0 Å². The van der Waals surface area contributed by atoms with Gasteiger partial charge in [0.05, 0.1) is 10.5 Å². The molecule has 1 saturated heterocycles. The fourth-order valence-electron chi connectivity index (χ4n) is 2.16. The molecule has 1 atom stereocenters. The quantitative estimate of drug-likeness (QED) is 0.918. The Morgan fingerprint density at radius 2 is 2.15 bits per heavy atom. The van der Waals surface area contributed by atoms with Gasteiger partial charge in [-0.25, -0.2) is 13.2 Å². The number of aromatic carboxylic acids is 1. The lowest BCUT2D eigenvalue weighted by molar-refractivity contribution is 0.0692. The van der Waals surface area contributed by atoms with Crippen molar-refractivity contribution in [2.24, 2.45) is 0 Å². The summed E-state index contributed by atoms with van der Waals surface area (Å²) in [5.74, 6) is -0.477. The number of rotatable bonds is 4. The van der Waals surface area contributed by atoms with Crippen molar-refractivity contribution in [1.82, 2.24) is 4.31 Å². The largest absolute Gasteiger partial charge is 0.478 e.